The van der Waals surface area contributed by atoms with Gasteiger partial charge in [-0.2, -0.15) is 0 Å². The first kappa shape index (κ1) is 17.1. The third-order valence-corrected chi connectivity index (χ3v) is 5.82. The van der Waals surface area contributed by atoms with E-state index in [2.05, 4.69) is 31.9 Å². The summed E-state index contributed by atoms with van der Waals surface area (Å²) in [6.07, 6.45) is 0. The molecule has 0 bridgehead atoms. The fraction of sp³-hybridized carbons (Fsp3) is 0.250. The van der Waals surface area contributed by atoms with E-state index in [1.807, 2.05) is 38.1 Å². The molecule has 0 aromatic heterocycles. The lowest BCUT2D eigenvalue weighted by atomic mass is 9.97. The second kappa shape index (κ2) is 6.91. The van der Waals surface area contributed by atoms with E-state index < -0.39 is 0 Å². The van der Waals surface area contributed by atoms with Gasteiger partial charge in [-0.1, -0.05) is 61.1 Å². The lowest BCUT2D eigenvalue weighted by Crippen LogP contribution is -2.04. The lowest BCUT2D eigenvalue weighted by Gasteiger charge is -2.22. The molecule has 2 rings (SSSR count). The number of hydrogen-bond donors (Lipinski definition) is 0. The van der Waals surface area contributed by atoms with Crippen molar-refractivity contribution in [2.75, 3.05) is 7.11 Å². The molecular weight excluding hydrogens is 439 g/mol. The Bertz CT molecular complexity index is 666. The van der Waals surface area contributed by atoms with Crippen LogP contribution in [0.4, 0.5) is 0 Å². The Kier molecular flexibility index (Phi) is 5.64. The minimum Gasteiger partial charge on any atom is -0.496 e. The number of rotatable bonds is 3. The average Bonchev–Trinajstić information content (AvgIpc) is 2.42. The van der Waals surface area contributed by atoms with Crippen LogP contribution in [-0.2, 0) is 0 Å². The molecule has 0 spiro atoms. The summed E-state index contributed by atoms with van der Waals surface area (Å²) >= 11 is 20.0. The van der Waals surface area contributed by atoms with Crippen molar-refractivity contribution in [2.24, 2.45) is 0 Å². The number of halogens is 4. The van der Waals surface area contributed by atoms with Crippen LogP contribution in [0.1, 0.15) is 27.1 Å². The van der Waals surface area contributed by atoms with Crippen LogP contribution in [0.15, 0.2) is 28.7 Å². The molecule has 2 aromatic rings. The summed E-state index contributed by atoms with van der Waals surface area (Å²) in [5, 5.41) is 1.26. The fourth-order valence-electron chi connectivity index (χ4n) is 2.35. The first-order valence-electron chi connectivity index (χ1n) is 6.30. The standard InChI is InChI=1S/C16H14Br2Cl2O/c1-8-7-10(17)9(2)13(16(8)21-3)15(18)14-11(19)5-4-6-12(14)20/h4-7,15H,1-3H3. The maximum absolute atomic E-state index is 6.33. The quantitative estimate of drug-likeness (QED) is 0.462. The predicted molar refractivity (Wildman–Crippen MR) is 97.4 cm³/mol. The van der Waals surface area contributed by atoms with Crippen LogP contribution in [0.25, 0.3) is 0 Å². The van der Waals surface area contributed by atoms with Gasteiger partial charge in [0, 0.05) is 25.6 Å². The zero-order valence-electron chi connectivity index (χ0n) is 11.8. The summed E-state index contributed by atoms with van der Waals surface area (Å²) in [5.74, 6) is 0.841. The molecule has 21 heavy (non-hydrogen) atoms. The van der Waals surface area contributed by atoms with E-state index in [1.54, 1.807) is 7.11 Å². The van der Waals surface area contributed by atoms with Gasteiger partial charge in [0.25, 0.3) is 0 Å². The van der Waals surface area contributed by atoms with Crippen molar-refractivity contribution < 1.29 is 4.74 Å². The van der Waals surface area contributed by atoms with E-state index >= 15 is 0 Å². The van der Waals surface area contributed by atoms with Gasteiger partial charge in [-0.25, -0.2) is 0 Å². The number of ether oxygens (including phenoxy) is 1. The molecular formula is C16H14Br2Cl2O. The highest BCUT2D eigenvalue weighted by atomic mass is 79.9. The maximum Gasteiger partial charge on any atom is 0.126 e. The molecule has 0 saturated heterocycles. The monoisotopic (exact) mass is 450 g/mol. The molecule has 0 aliphatic heterocycles. The summed E-state index contributed by atoms with van der Waals surface area (Å²) in [5.41, 5.74) is 4.02. The molecule has 1 unspecified atom stereocenters. The Morgan fingerprint density at radius 2 is 1.67 bits per heavy atom. The number of aryl methyl sites for hydroxylation is 1. The van der Waals surface area contributed by atoms with E-state index in [4.69, 9.17) is 27.9 Å². The molecule has 112 valence electrons. The van der Waals surface area contributed by atoms with Crippen LogP contribution in [0.2, 0.25) is 10.0 Å². The predicted octanol–water partition coefficient (Wildman–Crippen LogP) is 6.87. The smallest absolute Gasteiger partial charge is 0.126 e. The van der Waals surface area contributed by atoms with Crippen molar-refractivity contribution in [2.45, 2.75) is 18.7 Å². The van der Waals surface area contributed by atoms with Gasteiger partial charge in [-0.15, -0.1) is 0 Å². The third kappa shape index (κ3) is 3.26. The summed E-state index contributed by atoms with van der Waals surface area (Å²) in [6, 6.07) is 7.56. The molecule has 1 atom stereocenters. The highest BCUT2D eigenvalue weighted by Gasteiger charge is 2.24. The Labute approximate surface area is 151 Å². The van der Waals surface area contributed by atoms with Crippen LogP contribution >= 0.6 is 55.1 Å². The summed E-state index contributed by atoms with van der Waals surface area (Å²) < 4.78 is 6.63. The topological polar surface area (TPSA) is 9.23 Å². The zero-order valence-corrected chi connectivity index (χ0v) is 16.5. The molecule has 0 saturated carbocycles. The summed E-state index contributed by atoms with van der Waals surface area (Å²) in [7, 11) is 1.67. The van der Waals surface area contributed by atoms with Crippen molar-refractivity contribution in [1.29, 1.82) is 0 Å². The van der Waals surface area contributed by atoms with Gasteiger partial charge in [0.1, 0.15) is 5.75 Å². The van der Waals surface area contributed by atoms with Crippen LogP contribution in [-0.4, -0.2) is 7.11 Å². The molecule has 0 radical (unpaired) electrons. The Morgan fingerprint density at radius 1 is 1.10 bits per heavy atom. The minimum absolute atomic E-state index is 0.148. The molecule has 2 aromatic carbocycles. The van der Waals surface area contributed by atoms with Gasteiger partial charge >= 0.3 is 0 Å². The largest absolute Gasteiger partial charge is 0.496 e. The normalized spacial score (nSPS) is 12.3. The van der Waals surface area contributed by atoms with Crippen molar-refractivity contribution in [3.8, 4) is 5.75 Å². The van der Waals surface area contributed by atoms with E-state index in [9.17, 15) is 0 Å². The Balaban J connectivity index is 2.71. The zero-order chi connectivity index (χ0) is 15.7. The second-order valence-electron chi connectivity index (χ2n) is 4.75. The van der Waals surface area contributed by atoms with E-state index in [-0.39, 0.29) is 4.83 Å². The first-order valence-corrected chi connectivity index (χ1v) is 8.76. The van der Waals surface area contributed by atoms with Gasteiger partial charge in [-0.05, 0) is 43.2 Å². The second-order valence-corrected chi connectivity index (χ2v) is 7.33. The molecule has 0 amide bonds. The molecule has 1 nitrogen and oxygen atoms in total. The molecule has 0 heterocycles. The van der Waals surface area contributed by atoms with Gasteiger partial charge in [-0.3, -0.25) is 0 Å². The molecule has 0 fully saturated rings. The SMILES string of the molecule is COc1c(C)cc(Br)c(C)c1C(Br)c1c(Cl)cccc1Cl. The maximum atomic E-state index is 6.33. The molecule has 5 heteroatoms. The van der Waals surface area contributed by atoms with Gasteiger partial charge in [0.2, 0.25) is 0 Å². The number of benzene rings is 2. The third-order valence-electron chi connectivity index (χ3n) is 3.42. The highest BCUT2D eigenvalue weighted by molar-refractivity contribution is 9.10. The molecule has 0 aliphatic rings. The van der Waals surface area contributed by atoms with Gasteiger partial charge < -0.3 is 4.74 Å². The molecule has 0 aliphatic carbocycles. The molecule has 0 N–H and O–H groups in total. The van der Waals surface area contributed by atoms with Gasteiger partial charge in [0.15, 0.2) is 0 Å². The number of alkyl halides is 1. The van der Waals surface area contributed by atoms with Crippen LogP contribution in [0.5, 0.6) is 5.75 Å². The summed E-state index contributed by atoms with van der Waals surface area (Å²) in [6.45, 7) is 4.06. The number of methoxy groups -OCH3 is 1. The van der Waals surface area contributed by atoms with Crippen LogP contribution in [0, 0.1) is 13.8 Å². The van der Waals surface area contributed by atoms with Crippen LogP contribution in [0.3, 0.4) is 0 Å². The fourth-order valence-corrected chi connectivity index (χ4v) is 4.83. The van der Waals surface area contributed by atoms with E-state index in [0.29, 0.717) is 10.0 Å². The van der Waals surface area contributed by atoms with Crippen LogP contribution < -0.4 is 4.74 Å². The van der Waals surface area contributed by atoms with Crippen molar-refractivity contribution >= 4 is 55.1 Å². The number of hydrogen-bond acceptors (Lipinski definition) is 1. The lowest BCUT2D eigenvalue weighted by molar-refractivity contribution is 0.406. The average molecular weight is 453 g/mol. The Morgan fingerprint density at radius 3 is 2.19 bits per heavy atom. The van der Waals surface area contributed by atoms with Crippen molar-refractivity contribution in [1.82, 2.24) is 0 Å². The van der Waals surface area contributed by atoms with Crippen molar-refractivity contribution in [3.63, 3.8) is 0 Å². The van der Waals surface area contributed by atoms with E-state index in [1.165, 1.54) is 0 Å². The van der Waals surface area contributed by atoms with Crippen molar-refractivity contribution in [3.05, 3.63) is 61.0 Å². The van der Waals surface area contributed by atoms with Gasteiger partial charge in [0.05, 0.1) is 11.9 Å². The Hall–Kier alpha value is -0.220. The minimum atomic E-state index is -0.148. The first-order chi connectivity index (χ1) is 9.88. The van der Waals surface area contributed by atoms with E-state index in [0.717, 1.165) is 32.5 Å². The summed E-state index contributed by atoms with van der Waals surface area (Å²) in [4.78, 5) is -0.148. The highest BCUT2D eigenvalue weighted by Crippen LogP contribution is 2.46.